The van der Waals surface area contributed by atoms with E-state index < -0.39 is 0 Å². The summed E-state index contributed by atoms with van der Waals surface area (Å²) in [6.07, 6.45) is 9.01. The zero-order valence-electron chi connectivity index (χ0n) is 11.3. The van der Waals surface area contributed by atoms with Gasteiger partial charge < -0.3 is 5.32 Å². The Balaban J connectivity index is 3.33. The molecule has 0 saturated carbocycles. The summed E-state index contributed by atoms with van der Waals surface area (Å²) in [5.41, 5.74) is 0. The molecule has 0 saturated heterocycles. The summed E-state index contributed by atoms with van der Waals surface area (Å²) in [7, 11) is 0. The van der Waals surface area contributed by atoms with Crippen LogP contribution in [0.1, 0.15) is 72.1 Å². The second-order valence-electron chi connectivity index (χ2n) is 4.63. The topological polar surface area (TPSA) is 29.1 Å². The molecule has 0 aliphatic heterocycles. The molecule has 1 amide bonds. The second-order valence-corrected chi connectivity index (χ2v) is 4.63. The number of hydrogen-bond acceptors (Lipinski definition) is 1. The minimum atomic E-state index is 0.234. The fraction of sp³-hybridized carbons (Fsp3) is 0.929. The van der Waals surface area contributed by atoms with Crippen LogP contribution < -0.4 is 5.32 Å². The number of rotatable bonds is 10. The standard InChI is InChI=1S/C14H29NO/c1-4-7-8-11-14(16)15-12-9-10-13(5-2)6-3/h13H,4-12H2,1-3H3,(H,15,16). The van der Waals surface area contributed by atoms with Crippen molar-refractivity contribution in [3.05, 3.63) is 0 Å². The van der Waals surface area contributed by atoms with Crippen molar-refractivity contribution in [3.8, 4) is 0 Å². The third-order valence-electron chi connectivity index (χ3n) is 3.27. The molecule has 0 aliphatic rings. The second kappa shape index (κ2) is 11.0. The van der Waals surface area contributed by atoms with E-state index in [4.69, 9.17) is 0 Å². The van der Waals surface area contributed by atoms with E-state index in [-0.39, 0.29) is 5.91 Å². The maximum absolute atomic E-state index is 11.4. The Morgan fingerprint density at radius 3 is 2.31 bits per heavy atom. The molecular weight excluding hydrogens is 198 g/mol. The zero-order valence-corrected chi connectivity index (χ0v) is 11.3. The van der Waals surface area contributed by atoms with Gasteiger partial charge in [-0.05, 0) is 25.2 Å². The van der Waals surface area contributed by atoms with Gasteiger partial charge in [-0.2, -0.15) is 0 Å². The van der Waals surface area contributed by atoms with Gasteiger partial charge in [0.1, 0.15) is 0 Å². The summed E-state index contributed by atoms with van der Waals surface area (Å²) in [6.45, 7) is 7.52. The number of carbonyl (C=O) groups excluding carboxylic acids is 1. The summed E-state index contributed by atoms with van der Waals surface area (Å²) < 4.78 is 0. The number of amides is 1. The summed E-state index contributed by atoms with van der Waals surface area (Å²) >= 11 is 0. The molecular formula is C14H29NO. The number of carbonyl (C=O) groups is 1. The van der Waals surface area contributed by atoms with Gasteiger partial charge in [-0.3, -0.25) is 4.79 Å². The van der Waals surface area contributed by atoms with Gasteiger partial charge in [0.15, 0.2) is 0 Å². The molecule has 0 spiro atoms. The Hall–Kier alpha value is -0.530. The van der Waals surface area contributed by atoms with Crippen LogP contribution in [0.4, 0.5) is 0 Å². The maximum atomic E-state index is 11.4. The molecule has 2 heteroatoms. The van der Waals surface area contributed by atoms with Gasteiger partial charge in [0, 0.05) is 13.0 Å². The highest BCUT2D eigenvalue weighted by molar-refractivity contribution is 5.75. The van der Waals surface area contributed by atoms with Crippen LogP contribution in [0.15, 0.2) is 0 Å². The van der Waals surface area contributed by atoms with Gasteiger partial charge >= 0.3 is 0 Å². The summed E-state index contributed by atoms with van der Waals surface area (Å²) in [4.78, 5) is 11.4. The first kappa shape index (κ1) is 15.5. The number of nitrogens with one attached hydrogen (secondary N) is 1. The van der Waals surface area contributed by atoms with E-state index in [0.717, 1.165) is 25.3 Å². The van der Waals surface area contributed by atoms with Crippen molar-refractivity contribution >= 4 is 5.91 Å². The zero-order chi connectivity index (χ0) is 12.2. The minimum Gasteiger partial charge on any atom is -0.356 e. The van der Waals surface area contributed by atoms with Gasteiger partial charge in [0.05, 0.1) is 0 Å². The lowest BCUT2D eigenvalue weighted by atomic mass is 9.98. The molecule has 0 aromatic rings. The molecule has 0 aromatic heterocycles. The van der Waals surface area contributed by atoms with Crippen molar-refractivity contribution in [2.45, 2.75) is 72.1 Å². The van der Waals surface area contributed by atoms with Crippen LogP contribution in [0.25, 0.3) is 0 Å². The predicted octanol–water partition coefficient (Wildman–Crippen LogP) is 3.90. The molecule has 0 aromatic carbocycles. The highest BCUT2D eigenvalue weighted by Gasteiger charge is 2.04. The molecule has 0 radical (unpaired) electrons. The Morgan fingerprint density at radius 1 is 1.06 bits per heavy atom. The van der Waals surface area contributed by atoms with Gasteiger partial charge in [-0.1, -0.05) is 46.5 Å². The predicted molar refractivity (Wildman–Crippen MR) is 70.5 cm³/mol. The van der Waals surface area contributed by atoms with E-state index in [1.807, 2.05) is 0 Å². The van der Waals surface area contributed by atoms with E-state index in [0.29, 0.717) is 6.42 Å². The fourth-order valence-corrected chi connectivity index (χ4v) is 1.94. The third kappa shape index (κ3) is 8.75. The highest BCUT2D eigenvalue weighted by Crippen LogP contribution is 2.13. The largest absolute Gasteiger partial charge is 0.356 e. The Bertz CT molecular complexity index is 164. The lowest BCUT2D eigenvalue weighted by Gasteiger charge is -2.11. The smallest absolute Gasteiger partial charge is 0.219 e. The van der Waals surface area contributed by atoms with Crippen LogP contribution in [-0.4, -0.2) is 12.5 Å². The molecule has 16 heavy (non-hydrogen) atoms. The van der Waals surface area contributed by atoms with E-state index in [9.17, 15) is 4.79 Å². The first-order chi connectivity index (χ1) is 7.74. The average Bonchev–Trinajstić information content (AvgIpc) is 2.30. The number of hydrogen-bond donors (Lipinski definition) is 1. The van der Waals surface area contributed by atoms with Crippen molar-refractivity contribution in [3.63, 3.8) is 0 Å². The van der Waals surface area contributed by atoms with Crippen LogP contribution in [0.2, 0.25) is 0 Å². The van der Waals surface area contributed by atoms with E-state index in [1.165, 1.54) is 32.1 Å². The molecule has 0 bridgehead atoms. The van der Waals surface area contributed by atoms with E-state index in [2.05, 4.69) is 26.1 Å². The highest BCUT2D eigenvalue weighted by atomic mass is 16.1. The Labute approximate surface area is 101 Å². The van der Waals surface area contributed by atoms with Crippen LogP contribution in [0.3, 0.4) is 0 Å². The normalized spacial score (nSPS) is 10.8. The average molecular weight is 227 g/mol. The van der Waals surface area contributed by atoms with Crippen molar-refractivity contribution in [1.82, 2.24) is 5.32 Å². The lowest BCUT2D eigenvalue weighted by molar-refractivity contribution is -0.121. The fourth-order valence-electron chi connectivity index (χ4n) is 1.94. The molecule has 0 aliphatic carbocycles. The molecule has 0 rings (SSSR count). The molecule has 1 N–H and O–H groups in total. The molecule has 0 unspecified atom stereocenters. The summed E-state index contributed by atoms with van der Waals surface area (Å²) in [6, 6.07) is 0. The van der Waals surface area contributed by atoms with Gasteiger partial charge in [-0.25, -0.2) is 0 Å². The maximum Gasteiger partial charge on any atom is 0.219 e. The van der Waals surface area contributed by atoms with E-state index in [1.54, 1.807) is 0 Å². The van der Waals surface area contributed by atoms with Crippen LogP contribution in [0.5, 0.6) is 0 Å². The molecule has 0 atom stereocenters. The van der Waals surface area contributed by atoms with Gasteiger partial charge in [-0.15, -0.1) is 0 Å². The van der Waals surface area contributed by atoms with Crippen molar-refractivity contribution in [2.24, 2.45) is 5.92 Å². The number of unbranched alkanes of at least 4 members (excludes halogenated alkanes) is 2. The summed E-state index contributed by atoms with van der Waals surface area (Å²) in [5.74, 6) is 1.08. The Kier molecular flexibility index (Phi) is 10.6. The monoisotopic (exact) mass is 227 g/mol. The van der Waals surface area contributed by atoms with Crippen molar-refractivity contribution in [1.29, 1.82) is 0 Å². The molecule has 2 nitrogen and oxygen atoms in total. The molecule has 0 fully saturated rings. The third-order valence-corrected chi connectivity index (χ3v) is 3.27. The van der Waals surface area contributed by atoms with Crippen LogP contribution in [0, 0.1) is 5.92 Å². The van der Waals surface area contributed by atoms with E-state index >= 15 is 0 Å². The first-order valence-electron chi connectivity index (χ1n) is 7.01. The molecule has 0 heterocycles. The van der Waals surface area contributed by atoms with Crippen molar-refractivity contribution in [2.75, 3.05) is 6.54 Å². The Morgan fingerprint density at radius 2 is 1.75 bits per heavy atom. The van der Waals surface area contributed by atoms with Crippen molar-refractivity contribution < 1.29 is 4.79 Å². The quantitative estimate of drug-likeness (QED) is 0.563. The first-order valence-corrected chi connectivity index (χ1v) is 7.01. The minimum absolute atomic E-state index is 0.234. The van der Waals surface area contributed by atoms with Gasteiger partial charge in [0.25, 0.3) is 0 Å². The lowest BCUT2D eigenvalue weighted by Crippen LogP contribution is -2.24. The summed E-state index contributed by atoms with van der Waals surface area (Å²) in [5, 5.41) is 3.01. The SMILES string of the molecule is CCCCCC(=O)NCCCC(CC)CC. The van der Waals surface area contributed by atoms with Gasteiger partial charge in [0.2, 0.25) is 5.91 Å². The van der Waals surface area contributed by atoms with Crippen LogP contribution in [-0.2, 0) is 4.79 Å². The van der Waals surface area contributed by atoms with Crippen LogP contribution >= 0.6 is 0 Å². The molecule has 96 valence electrons.